The Morgan fingerprint density at radius 2 is 2.09 bits per heavy atom. The normalized spacial score (nSPS) is 17.5. The first-order valence-corrected chi connectivity index (χ1v) is 7.19. The average molecular weight is 305 g/mol. The monoisotopic (exact) mass is 305 g/mol. The molecule has 3 N–H and O–H groups in total. The van der Waals surface area contributed by atoms with Crippen LogP contribution in [0.1, 0.15) is 23.7 Å². The van der Waals surface area contributed by atoms with Crippen molar-refractivity contribution in [3.05, 3.63) is 29.8 Å². The van der Waals surface area contributed by atoms with Crippen LogP contribution in [-0.4, -0.2) is 43.5 Å². The summed E-state index contributed by atoms with van der Waals surface area (Å²) in [5.41, 5.74) is 0.668. The molecule has 0 saturated carbocycles. The van der Waals surface area contributed by atoms with Crippen LogP contribution in [0.5, 0.6) is 0 Å². The van der Waals surface area contributed by atoms with Gasteiger partial charge in [0.05, 0.1) is 30.3 Å². The fraction of sp³-hybridized carbons (Fsp3) is 0.400. The fourth-order valence-corrected chi connectivity index (χ4v) is 2.18. The lowest BCUT2D eigenvalue weighted by atomic mass is 10.1. The maximum Gasteiger partial charge on any atom is 0.340 e. The van der Waals surface area contributed by atoms with Crippen molar-refractivity contribution in [2.24, 2.45) is 0 Å². The minimum absolute atomic E-state index is 0.00297. The van der Waals surface area contributed by atoms with Gasteiger partial charge in [-0.05, 0) is 19.1 Å². The summed E-state index contributed by atoms with van der Waals surface area (Å²) in [6, 6.07) is 6.06. The molecule has 1 aromatic carbocycles. The summed E-state index contributed by atoms with van der Waals surface area (Å²) in [6.45, 7) is 3.16. The summed E-state index contributed by atoms with van der Waals surface area (Å²) in [6.07, 6.45) is 0.00297. The van der Waals surface area contributed by atoms with E-state index in [1.165, 1.54) is 0 Å². The number of ether oxygens (including phenoxy) is 1. The van der Waals surface area contributed by atoms with E-state index >= 15 is 0 Å². The molecule has 1 saturated heterocycles. The summed E-state index contributed by atoms with van der Waals surface area (Å²) < 4.78 is 4.95. The van der Waals surface area contributed by atoms with Crippen LogP contribution in [-0.2, 0) is 14.3 Å². The SMILES string of the molecule is CCOC(=O)c1ccccc1NC(=O)CC1NCCNC1=O. The second kappa shape index (κ2) is 7.56. The molecular weight excluding hydrogens is 286 g/mol. The average Bonchev–Trinajstić information content (AvgIpc) is 2.50. The minimum atomic E-state index is -0.552. The first kappa shape index (κ1) is 16.0. The lowest BCUT2D eigenvalue weighted by Crippen LogP contribution is -2.53. The molecule has 1 aromatic rings. The molecule has 7 nitrogen and oxygen atoms in total. The van der Waals surface area contributed by atoms with Gasteiger partial charge in [-0.15, -0.1) is 0 Å². The predicted molar refractivity (Wildman–Crippen MR) is 80.4 cm³/mol. The van der Waals surface area contributed by atoms with Crippen LogP contribution in [0.25, 0.3) is 0 Å². The maximum atomic E-state index is 12.1. The summed E-state index contributed by atoms with van der Waals surface area (Å²) in [4.78, 5) is 35.5. The van der Waals surface area contributed by atoms with Gasteiger partial charge in [0.1, 0.15) is 0 Å². The van der Waals surface area contributed by atoms with Crippen molar-refractivity contribution in [3.63, 3.8) is 0 Å². The number of benzene rings is 1. The molecule has 22 heavy (non-hydrogen) atoms. The molecule has 2 rings (SSSR count). The molecule has 1 aliphatic heterocycles. The first-order chi connectivity index (χ1) is 10.6. The molecule has 0 bridgehead atoms. The highest BCUT2D eigenvalue weighted by Gasteiger charge is 2.24. The van der Waals surface area contributed by atoms with Gasteiger partial charge >= 0.3 is 5.97 Å². The Morgan fingerprint density at radius 3 is 2.82 bits per heavy atom. The van der Waals surface area contributed by atoms with E-state index in [0.29, 0.717) is 24.3 Å². The molecule has 0 radical (unpaired) electrons. The van der Waals surface area contributed by atoms with Crippen LogP contribution in [0.2, 0.25) is 0 Å². The maximum absolute atomic E-state index is 12.1. The zero-order valence-electron chi connectivity index (χ0n) is 12.3. The number of nitrogens with one attached hydrogen (secondary N) is 3. The minimum Gasteiger partial charge on any atom is -0.462 e. The van der Waals surface area contributed by atoms with Gasteiger partial charge in [-0.1, -0.05) is 12.1 Å². The van der Waals surface area contributed by atoms with Gasteiger partial charge < -0.3 is 20.7 Å². The van der Waals surface area contributed by atoms with E-state index in [4.69, 9.17) is 4.74 Å². The van der Waals surface area contributed by atoms with Gasteiger partial charge in [0.2, 0.25) is 11.8 Å². The number of rotatable bonds is 5. The number of para-hydroxylation sites is 1. The van der Waals surface area contributed by atoms with Crippen molar-refractivity contribution in [3.8, 4) is 0 Å². The third-order valence-corrected chi connectivity index (χ3v) is 3.22. The van der Waals surface area contributed by atoms with Gasteiger partial charge in [0.25, 0.3) is 0 Å². The van der Waals surface area contributed by atoms with E-state index in [2.05, 4.69) is 16.0 Å². The van der Waals surface area contributed by atoms with E-state index in [9.17, 15) is 14.4 Å². The molecule has 0 aromatic heterocycles. The third-order valence-electron chi connectivity index (χ3n) is 3.22. The van der Waals surface area contributed by atoms with E-state index in [0.717, 1.165) is 0 Å². The van der Waals surface area contributed by atoms with E-state index in [1.807, 2.05) is 0 Å². The molecule has 0 spiro atoms. The molecule has 1 fully saturated rings. The highest BCUT2D eigenvalue weighted by atomic mass is 16.5. The van der Waals surface area contributed by atoms with Gasteiger partial charge in [-0.25, -0.2) is 4.79 Å². The largest absolute Gasteiger partial charge is 0.462 e. The zero-order valence-corrected chi connectivity index (χ0v) is 12.3. The number of carbonyl (C=O) groups excluding carboxylic acids is 3. The van der Waals surface area contributed by atoms with Crippen molar-refractivity contribution in [1.82, 2.24) is 10.6 Å². The number of hydrogen-bond acceptors (Lipinski definition) is 5. The number of esters is 1. The summed E-state index contributed by atoms with van der Waals surface area (Å²) >= 11 is 0. The van der Waals surface area contributed by atoms with Crippen LogP contribution in [0.15, 0.2) is 24.3 Å². The van der Waals surface area contributed by atoms with Gasteiger partial charge in [-0.2, -0.15) is 0 Å². The number of anilines is 1. The summed E-state index contributed by atoms with van der Waals surface area (Å²) in [7, 11) is 0. The van der Waals surface area contributed by atoms with Crippen LogP contribution in [0.3, 0.4) is 0 Å². The molecule has 118 valence electrons. The Labute approximate surface area is 128 Å². The van der Waals surface area contributed by atoms with Gasteiger partial charge in [-0.3, -0.25) is 9.59 Å². The third kappa shape index (κ3) is 4.05. The van der Waals surface area contributed by atoms with Crippen molar-refractivity contribution in [2.45, 2.75) is 19.4 Å². The predicted octanol–water partition coefficient (Wildman–Crippen LogP) is 0.280. The lowest BCUT2D eigenvalue weighted by Gasteiger charge is -2.23. The molecule has 2 amide bonds. The summed E-state index contributed by atoms with van der Waals surface area (Å²) in [5.74, 6) is -1.03. The smallest absolute Gasteiger partial charge is 0.340 e. The van der Waals surface area contributed by atoms with Crippen LogP contribution < -0.4 is 16.0 Å². The highest BCUT2D eigenvalue weighted by Crippen LogP contribution is 2.16. The van der Waals surface area contributed by atoms with E-state index in [1.54, 1.807) is 31.2 Å². The van der Waals surface area contributed by atoms with Crippen molar-refractivity contribution >= 4 is 23.5 Å². The molecule has 1 aliphatic rings. The zero-order chi connectivity index (χ0) is 15.9. The molecule has 1 heterocycles. The molecule has 1 atom stereocenters. The Bertz CT molecular complexity index is 574. The highest BCUT2D eigenvalue weighted by molar-refractivity contribution is 6.02. The molecular formula is C15H19N3O4. The van der Waals surface area contributed by atoms with Crippen molar-refractivity contribution in [2.75, 3.05) is 25.0 Å². The number of carbonyl (C=O) groups is 3. The second-order valence-corrected chi connectivity index (χ2v) is 4.82. The standard InChI is InChI=1S/C15H19N3O4/c1-2-22-15(21)10-5-3-4-6-11(10)18-13(19)9-12-14(20)17-8-7-16-12/h3-6,12,16H,2,7-9H2,1H3,(H,17,20)(H,18,19). The molecule has 7 heteroatoms. The molecule has 1 unspecified atom stereocenters. The lowest BCUT2D eigenvalue weighted by molar-refractivity contribution is -0.127. The Balaban J connectivity index is 2.02. The van der Waals surface area contributed by atoms with Crippen LogP contribution in [0.4, 0.5) is 5.69 Å². The quantitative estimate of drug-likeness (QED) is 0.679. The number of piperazine rings is 1. The number of hydrogen-bond donors (Lipinski definition) is 3. The first-order valence-electron chi connectivity index (χ1n) is 7.19. The van der Waals surface area contributed by atoms with Gasteiger partial charge in [0.15, 0.2) is 0 Å². The van der Waals surface area contributed by atoms with Crippen LogP contribution in [0, 0.1) is 0 Å². The van der Waals surface area contributed by atoms with Crippen molar-refractivity contribution in [1.29, 1.82) is 0 Å². The molecule has 0 aliphatic carbocycles. The topological polar surface area (TPSA) is 96.5 Å². The Kier molecular flexibility index (Phi) is 5.48. The fourth-order valence-electron chi connectivity index (χ4n) is 2.18. The van der Waals surface area contributed by atoms with E-state index in [-0.39, 0.29) is 24.8 Å². The van der Waals surface area contributed by atoms with Crippen LogP contribution >= 0.6 is 0 Å². The van der Waals surface area contributed by atoms with E-state index < -0.39 is 12.0 Å². The number of amides is 2. The van der Waals surface area contributed by atoms with Gasteiger partial charge in [0, 0.05) is 13.1 Å². The summed E-state index contributed by atoms with van der Waals surface area (Å²) in [5, 5.41) is 8.33. The second-order valence-electron chi connectivity index (χ2n) is 4.82. The Morgan fingerprint density at radius 1 is 1.32 bits per heavy atom. The Hall–Kier alpha value is -2.41. The van der Waals surface area contributed by atoms with Crippen molar-refractivity contribution < 1.29 is 19.1 Å².